The van der Waals surface area contributed by atoms with Crippen LogP contribution in [0.5, 0.6) is 0 Å². The van der Waals surface area contributed by atoms with E-state index in [0.717, 1.165) is 141 Å². The van der Waals surface area contributed by atoms with Gasteiger partial charge in [-0.05, 0) is 154 Å². The number of carbonyl (C=O) groups excluding carboxylic acids is 4. The Morgan fingerprint density at radius 2 is 0.509 bits per heavy atom. The summed E-state index contributed by atoms with van der Waals surface area (Å²) in [4.78, 5) is 73.0. The summed E-state index contributed by atoms with van der Waals surface area (Å²) in [6.07, 6.45) is 92.2. The lowest BCUT2D eigenvalue weighted by atomic mass is 10.1. The highest BCUT2D eigenvalue weighted by molar-refractivity contribution is 7.47. The molecule has 0 bridgehead atoms. The predicted molar refractivity (Wildman–Crippen MR) is 436 cm³/mol. The number of aliphatic hydroxyl groups excluding tert-OH is 1. The zero-order valence-corrected chi connectivity index (χ0v) is 67.6. The Balaban J connectivity index is 5.50. The van der Waals surface area contributed by atoms with E-state index < -0.39 is 97.5 Å². The third-order valence-electron chi connectivity index (χ3n) is 16.2. The molecule has 5 unspecified atom stereocenters. The number of hydrogen-bond donors (Lipinski definition) is 3. The SMILES string of the molecule is CC/C=C\C/C=C\C/C=C\C/C=C\C/C=C\C/C=C\CCC(=O)OCC(COP(=O)(O)OCC(O)COP(=O)(O)OCC(COC(=O)CC/C=C\C/C=C\C/C=C\C/C=C\C/C=C\C/C=C\CC)OC(=O)CCCCCCC/C=C\CCCCCCCC)OC(=O)CCCCCCC/C=C\CCCCCC. The second kappa shape index (κ2) is 77.6. The van der Waals surface area contributed by atoms with Crippen LogP contribution in [0.1, 0.15) is 297 Å². The summed E-state index contributed by atoms with van der Waals surface area (Å²) in [5.41, 5.74) is 0. The summed E-state index contributed by atoms with van der Waals surface area (Å²) < 4.78 is 68.4. The van der Waals surface area contributed by atoms with Gasteiger partial charge < -0.3 is 33.8 Å². The average molecular weight is 1520 g/mol. The van der Waals surface area contributed by atoms with Crippen molar-refractivity contribution < 1.29 is 80.2 Å². The van der Waals surface area contributed by atoms with Gasteiger partial charge in [-0.2, -0.15) is 0 Å². The molecular formula is C87H142O17P2. The average Bonchev–Trinajstić information content (AvgIpc) is 0.901. The molecule has 0 heterocycles. The van der Waals surface area contributed by atoms with Gasteiger partial charge in [0, 0.05) is 25.7 Å². The number of unbranched alkanes of at least 4 members (excludes halogenated alkanes) is 20. The van der Waals surface area contributed by atoms with Gasteiger partial charge in [0.15, 0.2) is 12.2 Å². The van der Waals surface area contributed by atoms with E-state index in [4.69, 9.17) is 37.0 Å². The molecular weight excluding hydrogens is 1380 g/mol. The Bertz CT molecular complexity index is 2680. The number of rotatable bonds is 74. The molecule has 602 valence electrons. The molecule has 0 radical (unpaired) electrons. The van der Waals surface area contributed by atoms with Crippen LogP contribution >= 0.6 is 15.6 Å². The first-order chi connectivity index (χ1) is 51.7. The molecule has 0 aromatic heterocycles. The molecule has 0 amide bonds. The Labute approximate surface area is 642 Å². The second-order valence-corrected chi connectivity index (χ2v) is 29.1. The molecule has 0 rings (SSSR count). The van der Waals surface area contributed by atoms with Crippen LogP contribution in [0.15, 0.2) is 170 Å². The molecule has 0 aromatic carbocycles. The number of ether oxygens (including phenoxy) is 4. The van der Waals surface area contributed by atoms with Crippen LogP contribution in [0.4, 0.5) is 0 Å². The van der Waals surface area contributed by atoms with Crippen LogP contribution < -0.4 is 0 Å². The number of esters is 4. The monoisotopic (exact) mass is 1520 g/mol. The van der Waals surface area contributed by atoms with E-state index in [2.05, 4.69) is 161 Å². The molecule has 0 aliphatic heterocycles. The van der Waals surface area contributed by atoms with Crippen LogP contribution in [0.2, 0.25) is 0 Å². The van der Waals surface area contributed by atoms with Gasteiger partial charge in [-0.15, -0.1) is 0 Å². The molecule has 5 atom stereocenters. The first-order valence-electron chi connectivity index (χ1n) is 40.4. The lowest BCUT2D eigenvalue weighted by Gasteiger charge is -2.21. The second-order valence-electron chi connectivity index (χ2n) is 26.2. The summed E-state index contributed by atoms with van der Waals surface area (Å²) >= 11 is 0. The Morgan fingerprint density at radius 1 is 0.274 bits per heavy atom. The fourth-order valence-corrected chi connectivity index (χ4v) is 11.7. The van der Waals surface area contributed by atoms with Gasteiger partial charge in [-0.3, -0.25) is 37.3 Å². The minimum absolute atomic E-state index is 0.0282. The van der Waals surface area contributed by atoms with Crippen LogP contribution in [0.25, 0.3) is 0 Å². The van der Waals surface area contributed by atoms with E-state index in [9.17, 15) is 43.2 Å². The van der Waals surface area contributed by atoms with Crippen molar-refractivity contribution in [2.45, 2.75) is 316 Å². The highest BCUT2D eigenvalue weighted by Gasteiger charge is 2.30. The van der Waals surface area contributed by atoms with Crippen LogP contribution in [-0.2, 0) is 65.4 Å². The Morgan fingerprint density at radius 3 is 0.802 bits per heavy atom. The third-order valence-corrected chi connectivity index (χ3v) is 18.1. The van der Waals surface area contributed by atoms with Crippen molar-refractivity contribution in [3.63, 3.8) is 0 Å². The maximum Gasteiger partial charge on any atom is 0.472 e. The molecule has 0 aromatic rings. The van der Waals surface area contributed by atoms with E-state index in [1.165, 1.54) is 64.2 Å². The van der Waals surface area contributed by atoms with Crippen molar-refractivity contribution in [2.75, 3.05) is 39.6 Å². The largest absolute Gasteiger partial charge is 0.472 e. The van der Waals surface area contributed by atoms with Crippen molar-refractivity contribution in [2.24, 2.45) is 0 Å². The molecule has 106 heavy (non-hydrogen) atoms. The summed E-state index contributed by atoms with van der Waals surface area (Å²) in [5, 5.41) is 10.6. The number of phosphoric ester groups is 2. The fourth-order valence-electron chi connectivity index (χ4n) is 10.1. The Kier molecular flexibility index (Phi) is 73.5. The van der Waals surface area contributed by atoms with Gasteiger partial charge in [-0.1, -0.05) is 288 Å². The van der Waals surface area contributed by atoms with E-state index in [1.54, 1.807) is 0 Å². The van der Waals surface area contributed by atoms with E-state index in [1.807, 2.05) is 36.5 Å². The zero-order valence-electron chi connectivity index (χ0n) is 65.8. The van der Waals surface area contributed by atoms with Gasteiger partial charge in [0.05, 0.1) is 26.4 Å². The minimum atomic E-state index is -5.01. The van der Waals surface area contributed by atoms with Gasteiger partial charge in [0.2, 0.25) is 0 Å². The predicted octanol–water partition coefficient (Wildman–Crippen LogP) is 23.8. The molecule has 0 aliphatic rings. The first-order valence-corrected chi connectivity index (χ1v) is 43.4. The van der Waals surface area contributed by atoms with Crippen molar-refractivity contribution in [1.29, 1.82) is 0 Å². The highest BCUT2D eigenvalue weighted by atomic mass is 31.2. The topological polar surface area (TPSA) is 237 Å². The van der Waals surface area contributed by atoms with E-state index >= 15 is 0 Å². The number of carbonyl (C=O) groups is 4. The number of phosphoric acid groups is 2. The van der Waals surface area contributed by atoms with Crippen LogP contribution in [0, 0.1) is 0 Å². The van der Waals surface area contributed by atoms with Gasteiger partial charge in [0.25, 0.3) is 0 Å². The maximum absolute atomic E-state index is 13.1. The lowest BCUT2D eigenvalue weighted by molar-refractivity contribution is -0.161. The molecule has 3 N–H and O–H groups in total. The quantitative estimate of drug-likeness (QED) is 0.0169. The normalized spacial score (nSPS) is 14.7. The summed E-state index contributed by atoms with van der Waals surface area (Å²) in [5.74, 6) is -2.40. The molecule has 19 heteroatoms. The first kappa shape index (κ1) is 100. The summed E-state index contributed by atoms with van der Waals surface area (Å²) in [6.45, 7) is 4.43. The zero-order chi connectivity index (χ0) is 77.4. The molecule has 0 saturated carbocycles. The standard InChI is InChI=1S/C87H142O17P2/c1-5-9-13-17-21-25-29-33-36-38-40-42-45-48-51-55-59-63-67-71-84(89)97-77-82(103-86(91)73-69-65-61-57-53-47-32-28-24-20-16-12-8-4)79-101-105(93,94)99-75-81(88)76-100-106(95,96)102-80-83(104-87(92)74-70-66-62-58-54-50-44-35-31-27-23-19-15-11-7-3)78-98-85(90)72-68-64-60-56-52-49-46-43-41-39-37-34-30-26-22-18-14-10-6-2/h9-10,13-14,21-22,25-26,28,32-37,40-44,48-49,51-52,59-60,63-64,81-83,88H,5-8,11-12,15-20,23-24,27,29-31,38-39,45-47,50,53-58,61-62,65-80H2,1-4H3,(H,93,94)(H,95,96)/b13-9-,14-10-,25-21-,26-22-,32-28-,36-33-,37-34-,42-40-,43-41-,44-35-,51-48-,52-49-,63-59-,64-60-. The number of allylic oxidation sites excluding steroid dienone is 28. The fraction of sp³-hybridized carbons (Fsp3) is 0.632. The smallest absolute Gasteiger partial charge is 0.462 e. The highest BCUT2D eigenvalue weighted by Crippen LogP contribution is 2.45. The van der Waals surface area contributed by atoms with E-state index in [0.29, 0.717) is 38.5 Å². The van der Waals surface area contributed by atoms with Gasteiger partial charge >= 0.3 is 39.5 Å². The lowest BCUT2D eigenvalue weighted by Crippen LogP contribution is -2.30. The molecule has 0 saturated heterocycles. The van der Waals surface area contributed by atoms with Crippen molar-refractivity contribution in [3.8, 4) is 0 Å². The summed E-state index contributed by atoms with van der Waals surface area (Å²) in [7, 11) is -10.0. The Hall–Kier alpha value is -5.58. The molecule has 0 spiro atoms. The van der Waals surface area contributed by atoms with Crippen molar-refractivity contribution in [3.05, 3.63) is 170 Å². The molecule has 17 nitrogen and oxygen atoms in total. The maximum atomic E-state index is 13.1. The minimum Gasteiger partial charge on any atom is -0.462 e. The van der Waals surface area contributed by atoms with Crippen molar-refractivity contribution >= 4 is 39.5 Å². The third kappa shape index (κ3) is 76.6. The van der Waals surface area contributed by atoms with Crippen LogP contribution in [-0.4, -0.2) is 96.7 Å². The number of hydrogen-bond acceptors (Lipinski definition) is 15. The van der Waals surface area contributed by atoms with Crippen LogP contribution in [0.3, 0.4) is 0 Å². The number of aliphatic hydroxyl groups is 1. The van der Waals surface area contributed by atoms with Gasteiger partial charge in [-0.25, -0.2) is 9.13 Å². The molecule has 0 aliphatic carbocycles. The molecule has 0 fully saturated rings. The van der Waals surface area contributed by atoms with E-state index in [-0.39, 0.29) is 25.7 Å². The summed E-state index contributed by atoms with van der Waals surface area (Å²) in [6, 6.07) is 0. The van der Waals surface area contributed by atoms with Gasteiger partial charge in [0.1, 0.15) is 19.3 Å². The van der Waals surface area contributed by atoms with Crippen molar-refractivity contribution in [1.82, 2.24) is 0 Å².